The number of amides is 1. The van der Waals surface area contributed by atoms with Crippen LogP contribution in [0, 0.1) is 5.92 Å². The van der Waals surface area contributed by atoms with Gasteiger partial charge >= 0.3 is 0 Å². The van der Waals surface area contributed by atoms with Crippen molar-refractivity contribution in [3.8, 4) is 5.75 Å². The molecule has 1 amide bonds. The van der Waals surface area contributed by atoms with Crippen LogP contribution in [0.25, 0.3) is 0 Å². The third-order valence-corrected chi connectivity index (χ3v) is 5.38. The molecule has 0 aromatic heterocycles. The van der Waals surface area contributed by atoms with E-state index in [1.807, 2.05) is 41.3 Å². The van der Waals surface area contributed by atoms with Crippen LogP contribution in [0.4, 0.5) is 5.69 Å². The molecule has 4 rings (SSSR count). The molecule has 0 spiro atoms. The number of hydrogen-bond acceptors (Lipinski definition) is 3. The summed E-state index contributed by atoms with van der Waals surface area (Å²) in [5.74, 6) is 1.64. The molecule has 1 fully saturated rings. The Hall–Kier alpha value is -2.33. The Morgan fingerprint density at radius 1 is 1.04 bits per heavy atom. The summed E-state index contributed by atoms with van der Waals surface area (Å²) in [5.41, 5.74) is 2.38. The number of carbonyl (C=O) groups is 1. The smallest absolute Gasteiger partial charge is 0.241 e. The van der Waals surface area contributed by atoms with Gasteiger partial charge in [-0.15, -0.1) is 0 Å². The molecular formula is C22H26N2O2. The maximum atomic E-state index is 12.8. The van der Waals surface area contributed by atoms with Gasteiger partial charge in [-0.05, 0) is 49.6 Å². The summed E-state index contributed by atoms with van der Waals surface area (Å²) in [4.78, 5) is 17.1. The van der Waals surface area contributed by atoms with Crippen molar-refractivity contribution in [2.24, 2.45) is 5.92 Å². The zero-order valence-corrected chi connectivity index (χ0v) is 15.1. The maximum Gasteiger partial charge on any atom is 0.241 e. The highest BCUT2D eigenvalue weighted by Crippen LogP contribution is 2.28. The fourth-order valence-electron chi connectivity index (χ4n) is 4.04. The van der Waals surface area contributed by atoms with E-state index in [1.54, 1.807) is 0 Å². The van der Waals surface area contributed by atoms with E-state index in [2.05, 4.69) is 23.1 Å². The first-order valence-electron chi connectivity index (χ1n) is 9.58. The highest BCUT2D eigenvalue weighted by molar-refractivity contribution is 5.96. The molecule has 2 aromatic rings. The van der Waals surface area contributed by atoms with Crippen LogP contribution in [-0.2, 0) is 11.2 Å². The van der Waals surface area contributed by atoms with Gasteiger partial charge in [0.2, 0.25) is 5.91 Å². The van der Waals surface area contributed by atoms with Crippen molar-refractivity contribution in [2.45, 2.75) is 19.3 Å². The van der Waals surface area contributed by atoms with Gasteiger partial charge in [0.05, 0.1) is 13.2 Å². The van der Waals surface area contributed by atoms with Gasteiger partial charge in [-0.2, -0.15) is 0 Å². The Kier molecular flexibility index (Phi) is 5.21. The van der Waals surface area contributed by atoms with Crippen LogP contribution >= 0.6 is 0 Å². The number of rotatable bonds is 5. The number of piperidine rings is 1. The lowest BCUT2D eigenvalue weighted by molar-refractivity contribution is -0.120. The summed E-state index contributed by atoms with van der Waals surface area (Å²) in [6.07, 6.45) is 3.27. The number of benzene rings is 2. The van der Waals surface area contributed by atoms with E-state index >= 15 is 0 Å². The molecule has 2 aliphatic rings. The number of fused-ring (bicyclic) bond motifs is 1. The Bertz CT molecular complexity index is 747. The maximum absolute atomic E-state index is 12.8. The molecule has 0 N–H and O–H groups in total. The zero-order valence-electron chi connectivity index (χ0n) is 15.1. The van der Waals surface area contributed by atoms with Crippen LogP contribution in [0.2, 0.25) is 0 Å². The Balaban J connectivity index is 1.30. The third kappa shape index (κ3) is 3.91. The molecule has 1 saturated heterocycles. The minimum atomic E-state index is 0.222. The number of anilines is 1. The van der Waals surface area contributed by atoms with Crippen LogP contribution in [-0.4, -0.2) is 43.6 Å². The van der Waals surface area contributed by atoms with Crippen LogP contribution < -0.4 is 9.64 Å². The lowest BCUT2D eigenvalue weighted by Gasteiger charge is -2.33. The Labute approximate surface area is 155 Å². The normalized spacial score (nSPS) is 20.0. The topological polar surface area (TPSA) is 32.8 Å². The molecule has 0 radical (unpaired) electrons. The number of para-hydroxylation sites is 2. The molecule has 1 unspecified atom stereocenters. The largest absolute Gasteiger partial charge is 0.493 e. The van der Waals surface area contributed by atoms with Crippen molar-refractivity contribution >= 4 is 11.6 Å². The quantitative estimate of drug-likeness (QED) is 0.829. The van der Waals surface area contributed by atoms with Crippen molar-refractivity contribution in [1.29, 1.82) is 0 Å². The van der Waals surface area contributed by atoms with Crippen molar-refractivity contribution in [3.63, 3.8) is 0 Å². The molecule has 0 saturated carbocycles. The zero-order chi connectivity index (χ0) is 17.8. The first kappa shape index (κ1) is 17.1. The standard InChI is InChI=1S/C22H26N2O2/c25-22(24-14-12-19-8-4-5-11-21(19)24)16-23-13-6-7-18(15-23)17-26-20-9-2-1-3-10-20/h1-5,8-11,18H,6-7,12-17H2. The molecule has 4 nitrogen and oxygen atoms in total. The molecule has 0 bridgehead atoms. The van der Waals surface area contributed by atoms with E-state index in [0.29, 0.717) is 12.5 Å². The van der Waals surface area contributed by atoms with Crippen LogP contribution in [0.3, 0.4) is 0 Å². The second-order valence-electron chi connectivity index (χ2n) is 7.29. The van der Waals surface area contributed by atoms with Crippen LogP contribution in [0.5, 0.6) is 5.75 Å². The van der Waals surface area contributed by atoms with Crippen LogP contribution in [0.1, 0.15) is 18.4 Å². The molecule has 0 aliphatic carbocycles. The summed E-state index contributed by atoms with van der Waals surface area (Å²) >= 11 is 0. The second-order valence-corrected chi connectivity index (χ2v) is 7.29. The number of ether oxygens (including phenoxy) is 1. The minimum absolute atomic E-state index is 0.222. The molecular weight excluding hydrogens is 324 g/mol. The molecule has 2 heterocycles. The SMILES string of the molecule is O=C(CN1CCCC(COc2ccccc2)C1)N1CCc2ccccc21. The third-order valence-electron chi connectivity index (χ3n) is 5.38. The van der Waals surface area contributed by atoms with E-state index in [-0.39, 0.29) is 5.91 Å². The number of likely N-dealkylation sites (tertiary alicyclic amines) is 1. The predicted molar refractivity (Wildman–Crippen MR) is 104 cm³/mol. The van der Waals surface area contributed by atoms with Gasteiger partial charge in [0.15, 0.2) is 0 Å². The first-order chi connectivity index (χ1) is 12.8. The Morgan fingerprint density at radius 3 is 2.73 bits per heavy atom. The molecule has 26 heavy (non-hydrogen) atoms. The van der Waals surface area contributed by atoms with Gasteiger partial charge < -0.3 is 9.64 Å². The van der Waals surface area contributed by atoms with Gasteiger partial charge in [-0.3, -0.25) is 9.69 Å². The first-order valence-corrected chi connectivity index (χ1v) is 9.58. The van der Waals surface area contributed by atoms with E-state index < -0.39 is 0 Å². The van der Waals surface area contributed by atoms with Gasteiger partial charge in [0, 0.05) is 24.7 Å². The van der Waals surface area contributed by atoms with E-state index in [4.69, 9.17) is 4.74 Å². The molecule has 136 valence electrons. The average Bonchev–Trinajstić information content (AvgIpc) is 3.12. The summed E-state index contributed by atoms with van der Waals surface area (Å²) in [6, 6.07) is 18.2. The number of nitrogens with zero attached hydrogens (tertiary/aromatic N) is 2. The van der Waals surface area contributed by atoms with E-state index in [9.17, 15) is 4.79 Å². The van der Waals surface area contributed by atoms with E-state index in [1.165, 1.54) is 12.0 Å². The van der Waals surface area contributed by atoms with Crippen molar-refractivity contribution < 1.29 is 9.53 Å². The van der Waals surface area contributed by atoms with Crippen molar-refractivity contribution in [2.75, 3.05) is 37.7 Å². The monoisotopic (exact) mass is 350 g/mol. The molecule has 1 atom stereocenters. The fourth-order valence-corrected chi connectivity index (χ4v) is 4.04. The summed E-state index contributed by atoms with van der Waals surface area (Å²) in [7, 11) is 0. The number of carbonyl (C=O) groups excluding carboxylic acids is 1. The second kappa shape index (κ2) is 7.92. The predicted octanol–water partition coefficient (Wildman–Crippen LogP) is 3.37. The van der Waals surface area contributed by atoms with Gasteiger partial charge in [0.1, 0.15) is 5.75 Å². The number of hydrogen-bond donors (Lipinski definition) is 0. The summed E-state index contributed by atoms with van der Waals surface area (Å²) in [5, 5.41) is 0. The highest BCUT2D eigenvalue weighted by atomic mass is 16.5. The summed E-state index contributed by atoms with van der Waals surface area (Å²) < 4.78 is 5.92. The van der Waals surface area contributed by atoms with Gasteiger partial charge in [-0.25, -0.2) is 0 Å². The average molecular weight is 350 g/mol. The van der Waals surface area contributed by atoms with Crippen molar-refractivity contribution in [3.05, 3.63) is 60.2 Å². The lowest BCUT2D eigenvalue weighted by Crippen LogP contribution is -2.44. The molecule has 4 heteroatoms. The van der Waals surface area contributed by atoms with Gasteiger partial charge in [-0.1, -0.05) is 36.4 Å². The fraction of sp³-hybridized carbons (Fsp3) is 0.409. The lowest BCUT2D eigenvalue weighted by atomic mass is 9.99. The van der Waals surface area contributed by atoms with E-state index in [0.717, 1.165) is 50.5 Å². The van der Waals surface area contributed by atoms with Crippen LogP contribution in [0.15, 0.2) is 54.6 Å². The van der Waals surface area contributed by atoms with Crippen molar-refractivity contribution in [1.82, 2.24) is 4.90 Å². The summed E-state index contributed by atoms with van der Waals surface area (Å²) in [6.45, 7) is 3.99. The Morgan fingerprint density at radius 2 is 1.85 bits per heavy atom. The highest BCUT2D eigenvalue weighted by Gasteiger charge is 2.27. The molecule has 2 aromatic carbocycles. The van der Waals surface area contributed by atoms with Gasteiger partial charge in [0.25, 0.3) is 0 Å². The molecule has 2 aliphatic heterocycles. The minimum Gasteiger partial charge on any atom is -0.493 e.